The molecule has 0 fully saturated rings. The molecule has 0 aliphatic heterocycles. The summed E-state index contributed by atoms with van der Waals surface area (Å²) in [6.07, 6.45) is 1.33. The second-order valence-electron chi connectivity index (χ2n) is 2.43. The Hall–Kier alpha value is -0.880. The summed E-state index contributed by atoms with van der Waals surface area (Å²) in [7, 11) is -0.266. The number of nitrogens with zero attached hydrogens (tertiary/aromatic N) is 2. The third-order valence-corrected chi connectivity index (χ3v) is 3.27. The van der Waals surface area contributed by atoms with Gasteiger partial charge in [0.25, 0.3) is 0 Å². The molecule has 1 rings (SSSR count). The Morgan fingerprint density at radius 3 is 2.50 bits per heavy atom. The summed E-state index contributed by atoms with van der Waals surface area (Å²) in [5.74, 6) is 0. The van der Waals surface area contributed by atoms with Gasteiger partial charge < -0.3 is 0 Å². The second-order valence-corrected chi connectivity index (χ2v) is 4.28. The van der Waals surface area contributed by atoms with Crippen molar-refractivity contribution in [2.45, 2.75) is 11.8 Å². The fraction of sp³-hybridized carbons (Fsp3) is 0.500. The van der Waals surface area contributed by atoms with Gasteiger partial charge in [0.2, 0.25) is 10.0 Å². The first-order valence-corrected chi connectivity index (χ1v) is 4.89. The van der Waals surface area contributed by atoms with E-state index in [4.69, 9.17) is 0 Å². The number of sulfonamides is 1. The van der Waals surface area contributed by atoms with Crippen LogP contribution in [0.5, 0.6) is 0 Å². The predicted molar refractivity (Wildman–Crippen MR) is 44.2 cm³/mol. The van der Waals surface area contributed by atoms with E-state index in [-0.39, 0.29) is 4.90 Å². The van der Waals surface area contributed by atoms with Crippen LogP contribution in [0.1, 0.15) is 5.69 Å². The number of aryl methyl sites for hydroxylation is 1. The van der Waals surface area contributed by atoms with Gasteiger partial charge in [-0.05, 0) is 14.0 Å². The average Bonchev–Trinajstić information content (AvgIpc) is 2.33. The lowest BCUT2D eigenvalue weighted by Gasteiger charge is -1.99. The molecule has 1 N–H and O–H groups in total. The smallest absolute Gasteiger partial charge is 0.243 e. The Kier molecular flexibility index (Phi) is 2.20. The van der Waals surface area contributed by atoms with Crippen molar-refractivity contribution >= 4 is 10.0 Å². The highest BCUT2D eigenvalue weighted by Gasteiger charge is 2.17. The highest BCUT2D eigenvalue weighted by Crippen LogP contribution is 2.11. The molecule has 0 bridgehead atoms. The van der Waals surface area contributed by atoms with E-state index in [0.717, 1.165) is 0 Å². The number of rotatable bonds is 2. The Balaban J connectivity index is 3.30. The van der Waals surface area contributed by atoms with Crippen molar-refractivity contribution in [3.63, 3.8) is 0 Å². The minimum atomic E-state index is -3.34. The molecule has 12 heavy (non-hydrogen) atoms. The van der Waals surface area contributed by atoms with E-state index >= 15 is 0 Å². The molecule has 0 aliphatic carbocycles. The summed E-state index contributed by atoms with van der Waals surface area (Å²) in [6.45, 7) is 1.71. The number of hydrogen-bond acceptors (Lipinski definition) is 3. The van der Waals surface area contributed by atoms with Crippen molar-refractivity contribution in [3.8, 4) is 0 Å². The topological polar surface area (TPSA) is 64.0 Å². The number of aromatic nitrogens is 2. The Labute approximate surface area is 71.4 Å². The van der Waals surface area contributed by atoms with Crippen molar-refractivity contribution in [2.75, 3.05) is 7.05 Å². The van der Waals surface area contributed by atoms with Gasteiger partial charge in [-0.1, -0.05) is 0 Å². The summed E-state index contributed by atoms with van der Waals surface area (Å²) in [6, 6.07) is 0. The molecule has 0 spiro atoms. The van der Waals surface area contributed by atoms with Gasteiger partial charge in [0, 0.05) is 7.05 Å². The largest absolute Gasteiger partial charge is 0.272 e. The predicted octanol–water partition coefficient (Wildman–Crippen LogP) is -0.363. The molecular weight excluding hydrogens is 178 g/mol. The van der Waals surface area contributed by atoms with Crippen molar-refractivity contribution < 1.29 is 8.42 Å². The normalized spacial score (nSPS) is 11.9. The van der Waals surface area contributed by atoms with Crippen LogP contribution < -0.4 is 4.72 Å². The van der Waals surface area contributed by atoms with Gasteiger partial charge in [-0.3, -0.25) is 4.68 Å². The summed E-state index contributed by atoms with van der Waals surface area (Å²) in [5.41, 5.74) is 0.629. The van der Waals surface area contributed by atoms with Gasteiger partial charge in [0.1, 0.15) is 4.90 Å². The Bertz CT molecular complexity index is 379. The van der Waals surface area contributed by atoms with Gasteiger partial charge in [0.05, 0.1) is 11.9 Å². The molecule has 1 heterocycles. The van der Waals surface area contributed by atoms with Crippen LogP contribution in [-0.2, 0) is 17.1 Å². The van der Waals surface area contributed by atoms with Crippen molar-refractivity contribution in [1.82, 2.24) is 14.5 Å². The first-order chi connectivity index (χ1) is 5.49. The molecule has 0 saturated heterocycles. The molecule has 68 valence electrons. The lowest BCUT2D eigenvalue weighted by atomic mass is 10.5. The van der Waals surface area contributed by atoms with Gasteiger partial charge in [-0.25, -0.2) is 13.1 Å². The SMILES string of the molecule is CNS(=O)(=O)c1cnn(C)c1C. The lowest BCUT2D eigenvalue weighted by molar-refractivity contribution is 0.587. The standard InChI is InChI=1S/C6H11N3O2S/c1-5-6(4-8-9(5)3)12(10,11)7-2/h4,7H,1-3H3. The van der Waals surface area contributed by atoms with E-state index in [1.54, 1.807) is 14.0 Å². The van der Waals surface area contributed by atoms with Crippen molar-refractivity contribution in [2.24, 2.45) is 7.05 Å². The van der Waals surface area contributed by atoms with Crippen LogP contribution in [0.25, 0.3) is 0 Å². The lowest BCUT2D eigenvalue weighted by Crippen LogP contribution is -2.19. The minimum Gasteiger partial charge on any atom is -0.272 e. The van der Waals surface area contributed by atoms with Gasteiger partial charge >= 0.3 is 0 Å². The van der Waals surface area contributed by atoms with Crippen LogP contribution >= 0.6 is 0 Å². The zero-order valence-corrected chi connectivity index (χ0v) is 8.01. The third-order valence-electron chi connectivity index (χ3n) is 1.75. The maximum atomic E-state index is 11.3. The number of nitrogens with one attached hydrogen (secondary N) is 1. The molecular formula is C6H11N3O2S. The van der Waals surface area contributed by atoms with Crippen LogP contribution in [0.3, 0.4) is 0 Å². The Morgan fingerprint density at radius 2 is 2.17 bits per heavy atom. The first-order valence-electron chi connectivity index (χ1n) is 3.41. The monoisotopic (exact) mass is 189 g/mol. The van der Waals surface area contributed by atoms with E-state index in [1.807, 2.05) is 0 Å². The van der Waals surface area contributed by atoms with Crippen LogP contribution in [0.4, 0.5) is 0 Å². The molecule has 0 aliphatic rings. The van der Waals surface area contributed by atoms with Crippen molar-refractivity contribution in [3.05, 3.63) is 11.9 Å². The zero-order valence-electron chi connectivity index (χ0n) is 7.20. The molecule has 0 atom stereocenters. The fourth-order valence-corrected chi connectivity index (χ4v) is 1.78. The molecule has 0 amide bonds. The molecule has 5 nitrogen and oxygen atoms in total. The van der Waals surface area contributed by atoms with Crippen molar-refractivity contribution in [1.29, 1.82) is 0 Å². The van der Waals surface area contributed by atoms with Gasteiger partial charge in [0.15, 0.2) is 0 Å². The zero-order chi connectivity index (χ0) is 9.35. The van der Waals surface area contributed by atoms with Crippen LogP contribution in [0.2, 0.25) is 0 Å². The maximum absolute atomic E-state index is 11.3. The van der Waals surface area contributed by atoms with Crippen LogP contribution in [0, 0.1) is 6.92 Å². The summed E-state index contributed by atoms with van der Waals surface area (Å²) in [4.78, 5) is 0.229. The van der Waals surface area contributed by atoms with E-state index < -0.39 is 10.0 Å². The molecule has 6 heteroatoms. The minimum absolute atomic E-state index is 0.229. The van der Waals surface area contributed by atoms with E-state index in [1.165, 1.54) is 17.9 Å². The van der Waals surface area contributed by atoms with E-state index in [9.17, 15) is 8.42 Å². The van der Waals surface area contributed by atoms with Gasteiger partial charge in [-0.15, -0.1) is 0 Å². The summed E-state index contributed by atoms with van der Waals surface area (Å²) in [5, 5.41) is 3.83. The molecule has 1 aromatic rings. The van der Waals surface area contributed by atoms with E-state index in [0.29, 0.717) is 5.69 Å². The molecule has 0 saturated carbocycles. The molecule has 0 aromatic carbocycles. The summed E-state index contributed by atoms with van der Waals surface area (Å²) < 4.78 is 26.3. The van der Waals surface area contributed by atoms with Gasteiger partial charge in [-0.2, -0.15) is 5.10 Å². The Morgan fingerprint density at radius 1 is 1.58 bits per heavy atom. The highest BCUT2D eigenvalue weighted by atomic mass is 32.2. The van der Waals surface area contributed by atoms with E-state index in [2.05, 4.69) is 9.82 Å². The number of hydrogen-bond donors (Lipinski definition) is 1. The third kappa shape index (κ3) is 1.35. The quantitative estimate of drug-likeness (QED) is 0.690. The molecule has 0 radical (unpaired) electrons. The molecule has 0 unspecified atom stereocenters. The maximum Gasteiger partial charge on any atom is 0.243 e. The van der Waals surface area contributed by atoms with Crippen LogP contribution in [0.15, 0.2) is 11.1 Å². The fourth-order valence-electron chi connectivity index (χ4n) is 0.852. The first kappa shape index (κ1) is 9.21. The average molecular weight is 189 g/mol. The summed E-state index contributed by atoms with van der Waals surface area (Å²) >= 11 is 0. The second kappa shape index (κ2) is 2.87. The molecule has 1 aromatic heterocycles. The highest BCUT2D eigenvalue weighted by molar-refractivity contribution is 7.89. The van der Waals surface area contributed by atoms with Crippen LogP contribution in [-0.4, -0.2) is 25.2 Å².